The molecule has 0 bridgehead atoms. The molecule has 0 saturated heterocycles. The maximum absolute atomic E-state index is 12.4. The second-order valence-corrected chi connectivity index (χ2v) is 7.25. The molecule has 0 heterocycles. The van der Waals surface area contributed by atoms with E-state index in [4.69, 9.17) is 16.3 Å². The highest BCUT2D eigenvalue weighted by Gasteiger charge is 2.20. The van der Waals surface area contributed by atoms with Crippen molar-refractivity contribution < 1.29 is 19.1 Å². The van der Waals surface area contributed by atoms with Gasteiger partial charge in [-0.3, -0.25) is 9.59 Å². The zero-order valence-corrected chi connectivity index (χ0v) is 17.3. The number of nitrogens with one attached hydrogen (secondary N) is 1. The van der Waals surface area contributed by atoms with Gasteiger partial charge in [0.2, 0.25) is 5.78 Å². The molecule has 3 aromatic rings. The Morgan fingerprint density at radius 3 is 1.93 bits per heavy atom. The molecule has 3 aromatic carbocycles. The lowest BCUT2D eigenvalue weighted by Crippen LogP contribution is -2.24. The van der Waals surface area contributed by atoms with Gasteiger partial charge in [-0.2, -0.15) is 0 Å². The van der Waals surface area contributed by atoms with Crippen LogP contribution in [-0.2, 0) is 4.74 Å². The van der Waals surface area contributed by atoms with Crippen LogP contribution in [0.2, 0.25) is 5.02 Å². The Morgan fingerprint density at radius 1 is 0.800 bits per heavy atom. The Bertz CT molecular complexity index is 1060. The number of ether oxygens (including phenoxy) is 1. The maximum Gasteiger partial charge on any atom is 0.338 e. The number of Topliss-reactive ketones (excluding diaryl/α,β-unsaturated/α-hetero) is 1. The molecule has 5 nitrogen and oxygen atoms in total. The molecule has 0 aliphatic heterocycles. The smallest absolute Gasteiger partial charge is 0.338 e. The minimum Gasteiger partial charge on any atom is -0.451 e. The number of hydrogen-bond donors (Lipinski definition) is 1. The monoisotopic (exact) mass is 421 g/mol. The van der Waals surface area contributed by atoms with E-state index in [9.17, 15) is 14.4 Å². The Morgan fingerprint density at radius 2 is 1.33 bits per heavy atom. The van der Waals surface area contributed by atoms with Crippen molar-refractivity contribution in [1.82, 2.24) is 0 Å². The molecule has 1 N–H and O–H groups in total. The first-order valence-electron chi connectivity index (χ1n) is 9.32. The van der Waals surface area contributed by atoms with Crippen molar-refractivity contribution in [3.05, 3.63) is 100 Å². The highest BCUT2D eigenvalue weighted by Crippen LogP contribution is 2.16. The van der Waals surface area contributed by atoms with Crippen LogP contribution in [0.3, 0.4) is 0 Å². The highest BCUT2D eigenvalue weighted by atomic mass is 35.5. The molecule has 152 valence electrons. The molecule has 0 saturated carbocycles. The number of esters is 1. The number of ketones is 1. The van der Waals surface area contributed by atoms with Crippen LogP contribution in [0.1, 0.15) is 43.6 Å². The molecule has 30 heavy (non-hydrogen) atoms. The molecule has 0 aliphatic carbocycles. The predicted molar refractivity (Wildman–Crippen MR) is 116 cm³/mol. The van der Waals surface area contributed by atoms with Crippen LogP contribution >= 0.6 is 11.6 Å². The zero-order valence-electron chi connectivity index (χ0n) is 16.5. The summed E-state index contributed by atoms with van der Waals surface area (Å²) in [6.45, 7) is 3.47. The fourth-order valence-corrected chi connectivity index (χ4v) is 2.85. The summed E-state index contributed by atoms with van der Waals surface area (Å²) in [7, 11) is 0. The predicted octanol–water partition coefficient (Wildman–Crippen LogP) is 5.33. The van der Waals surface area contributed by atoms with E-state index in [1.807, 2.05) is 19.1 Å². The van der Waals surface area contributed by atoms with E-state index >= 15 is 0 Å². The van der Waals surface area contributed by atoms with Crippen LogP contribution in [-0.4, -0.2) is 23.8 Å². The van der Waals surface area contributed by atoms with E-state index in [1.54, 1.807) is 55.5 Å². The first-order valence-corrected chi connectivity index (χ1v) is 9.70. The Kier molecular flexibility index (Phi) is 6.65. The van der Waals surface area contributed by atoms with E-state index in [1.165, 1.54) is 12.1 Å². The van der Waals surface area contributed by atoms with Gasteiger partial charge >= 0.3 is 5.97 Å². The number of aryl methyl sites for hydroxylation is 1. The van der Waals surface area contributed by atoms with Crippen molar-refractivity contribution in [2.24, 2.45) is 0 Å². The third-order valence-corrected chi connectivity index (χ3v) is 4.73. The van der Waals surface area contributed by atoms with Gasteiger partial charge in [0.15, 0.2) is 6.10 Å². The maximum atomic E-state index is 12.4. The normalized spacial score (nSPS) is 11.4. The first kappa shape index (κ1) is 21.3. The molecule has 0 fully saturated rings. The van der Waals surface area contributed by atoms with Crippen molar-refractivity contribution >= 4 is 34.9 Å². The topological polar surface area (TPSA) is 72.5 Å². The Balaban J connectivity index is 1.60. The number of carbonyl (C=O) groups excluding carboxylic acids is 3. The summed E-state index contributed by atoms with van der Waals surface area (Å²) in [4.78, 5) is 37.0. The van der Waals surface area contributed by atoms with Crippen molar-refractivity contribution in [1.29, 1.82) is 0 Å². The average Bonchev–Trinajstić information content (AvgIpc) is 2.74. The van der Waals surface area contributed by atoms with Gasteiger partial charge in [-0.15, -0.1) is 0 Å². The van der Waals surface area contributed by atoms with Gasteiger partial charge in [-0.25, -0.2) is 4.79 Å². The van der Waals surface area contributed by atoms with Crippen LogP contribution in [0.5, 0.6) is 0 Å². The number of rotatable bonds is 6. The second kappa shape index (κ2) is 9.37. The fourth-order valence-electron chi connectivity index (χ4n) is 2.73. The summed E-state index contributed by atoms with van der Waals surface area (Å²) in [5, 5.41) is 3.29. The van der Waals surface area contributed by atoms with Crippen LogP contribution in [0.25, 0.3) is 0 Å². The number of anilines is 1. The average molecular weight is 422 g/mol. The fraction of sp³-hybridized carbons (Fsp3) is 0.125. The molecule has 1 amide bonds. The summed E-state index contributed by atoms with van der Waals surface area (Å²) in [5.41, 5.74) is 2.80. The van der Waals surface area contributed by atoms with E-state index in [0.29, 0.717) is 21.8 Å². The molecule has 1 atom stereocenters. The van der Waals surface area contributed by atoms with Crippen LogP contribution < -0.4 is 5.32 Å². The molecule has 6 heteroatoms. The van der Waals surface area contributed by atoms with Crippen molar-refractivity contribution in [2.45, 2.75) is 20.0 Å². The zero-order chi connectivity index (χ0) is 21.7. The van der Waals surface area contributed by atoms with Crippen molar-refractivity contribution in [3.63, 3.8) is 0 Å². The SMILES string of the molecule is Cc1ccc(C(=O)[C@H](C)OC(=O)c2ccc(NC(=O)c3ccc(Cl)cc3)cc2)cc1. The molecule has 0 aliphatic rings. The van der Waals surface area contributed by atoms with E-state index in [-0.39, 0.29) is 17.3 Å². The molecule has 0 spiro atoms. The van der Waals surface area contributed by atoms with Gasteiger partial charge < -0.3 is 10.1 Å². The highest BCUT2D eigenvalue weighted by molar-refractivity contribution is 6.30. The number of halogens is 1. The minimum atomic E-state index is -0.913. The summed E-state index contributed by atoms with van der Waals surface area (Å²) in [5.74, 6) is -1.17. The minimum absolute atomic E-state index is 0.268. The Hall–Kier alpha value is -3.44. The van der Waals surface area contributed by atoms with Gasteiger partial charge in [-0.05, 0) is 62.4 Å². The molecule has 0 aromatic heterocycles. The lowest BCUT2D eigenvalue weighted by atomic mass is 10.1. The second-order valence-electron chi connectivity index (χ2n) is 6.82. The van der Waals surface area contributed by atoms with E-state index in [0.717, 1.165) is 5.56 Å². The van der Waals surface area contributed by atoms with Gasteiger partial charge in [0, 0.05) is 21.8 Å². The van der Waals surface area contributed by atoms with Crippen molar-refractivity contribution in [3.8, 4) is 0 Å². The summed E-state index contributed by atoms with van der Waals surface area (Å²) >= 11 is 5.82. The van der Waals surface area contributed by atoms with Gasteiger partial charge in [0.25, 0.3) is 5.91 Å². The van der Waals surface area contributed by atoms with Gasteiger partial charge in [0.1, 0.15) is 0 Å². The van der Waals surface area contributed by atoms with E-state index < -0.39 is 12.1 Å². The van der Waals surface area contributed by atoms with Crippen LogP contribution in [0, 0.1) is 6.92 Å². The lowest BCUT2D eigenvalue weighted by molar-refractivity contribution is 0.0319. The first-order chi connectivity index (χ1) is 14.3. The molecule has 0 radical (unpaired) electrons. The Labute approximate surface area is 179 Å². The lowest BCUT2D eigenvalue weighted by Gasteiger charge is -2.13. The quantitative estimate of drug-likeness (QED) is 0.431. The number of carbonyl (C=O) groups is 3. The molecule has 3 rings (SSSR count). The number of hydrogen-bond acceptors (Lipinski definition) is 4. The third-order valence-electron chi connectivity index (χ3n) is 4.47. The van der Waals surface area contributed by atoms with Crippen LogP contribution in [0.15, 0.2) is 72.8 Å². The molecule has 0 unspecified atom stereocenters. The summed E-state index contributed by atoms with van der Waals surface area (Å²) < 4.78 is 5.30. The number of benzene rings is 3. The molecular formula is C24H20ClNO4. The van der Waals surface area contributed by atoms with Gasteiger partial charge in [0.05, 0.1) is 5.56 Å². The summed E-state index contributed by atoms with van der Waals surface area (Å²) in [6, 6.07) is 19.8. The standard InChI is InChI=1S/C24H20ClNO4/c1-15-3-5-17(6-4-15)22(27)16(2)30-24(29)19-9-13-21(14-10-19)26-23(28)18-7-11-20(25)12-8-18/h3-14,16H,1-2H3,(H,26,28)/t16-/m0/s1. The third kappa shape index (κ3) is 5.33. The molecular weight excluding hydrogens is 402 g/mol. The van der Waals surface area contributed by atoms with Crippen molar-refractivity contribution in [2.75, 3.05) is 5.32 Å². The number of amides is 1. The summed E-state index contributed by atoms with van der Waals surface area (Å²) in [6.07, 6.45) is -0.913. The van der Waals surface area contributed by atoms with Gasteiger partial charge in [-0.1, -0.05) is 41.4 Å². The van der Waals surface area contributed by atoms with Crippen LogP contribution in [0.4, 0.5) is 5.69 Å². The largest absolute Gasteiger partial charge is 0.451 e. The van der Waals surface area contributed by atoms with E-state index in [2.05, 4.69) is 5.32 Å².